The zero-order valence-electron chi connectivity index (χ0n) is 18.5. The number of benzene rings is 2. The predicted molar refractivity (Wildman–Crippen MR) is 131 cm³/mol. The summed E-state index contributed by atoms with van der Waals surface area (Å²) in [5.41, 5.74) is 2.40. The van der Waals surface area contributed by atoms with Gasteiger partial charge in [0.25, 0.3) is 5.91 Å². The molecule has 0 aliphatic carbocycles. The monoisotopic (exact) mass is 479 g/mol. The number of nitrogens with zero attached hydrogens (tertiary/aromatic N) is 5. The summed E-state index contributed by atoms with van der Waals surface area (Å²) in [5.74, 6) is -0.0971. The summed E-state index contributed by atoms with van der Waals surface area (Å²) >= 11 is 6.19. The lowest BCUT2D eigenvalue weighted by atomic mass is 10.2. The van der Waals surface area contributed by atoms with Crippen molar-refractivity contribution in [2.45, 2.75) is 18.5 Å². The molecule has 2 unspecified atom stereocenters. The molecule has 174 valence electrons. The summed E-state index contributed by atoms with van der Waals surface area (Å²) in [7, 11) is 1.79. The fourth-order valence-corrected chi connectivity index (χ4v) is 5.29. The summed E-state index contributed by atoms with van der Waals surface area (Å²) in [6, 6.07) is 13.7. The molecule has 2 atom stereocenters. The molecule has 2 N–H and O–H groups in total. The van der Waals surface area contributed by atoms with Crippen LogP contribution in [0.5, 0.6) is 0 Å². The number of carbonyl (C=O) groups is 1. The van der Waals surface area contributed by atoms with E-state index in [-0.39, 0.29) is 22.9 Å². The molecule has 0 radical (unpaired) electrons. The van der Waals surface area contributed by atoms with Crippen LogP contribution in [0, 0.1) is 5.82 Å². The summed E-state index contributed by atoms with van der Waals surface area (Å²) in [5, 5.41) is 6.91. The SMILES string of the molecule is CN1CN(c2c(F)cccc2Cl)C(=O)c2cnc(Nc3ccc(N4CC5CC4CN5)cc3)nc21. The average Bonchev–Trinajstić information content (AvgIpc) is 3.47. The number of halogens is 2. The van der Waals surface area contributed by atoms with E-state index in [4.69, 9.17) is 11.6 Å². The summed E-state index contributed by atoms with van der Waals surface area (Å²) in [4.78, 5) is 27.5. The highest BCUT2D eigenvalue weighted by molar-refractivity contribution is 6.34. The second-order valence-electron chi connectivity index (χ2n) is 8.89. The molecule has 2 bridgehead atoms. The Morgan fingerprint density at radius 1 is 1.21 bits per heavy atom. The molecule has 4 heterocycles. The smallest absolute Gasteiger partial charge is 0.265 e. The van der Waals surface area contributed by atoms with Crippen molar-refractivity contribution in [3.05, 3.63) is 65.1 Å². The number of amides is 1. The minimum atomic E-state index is -0.557. The number of hydrogen-bond donors (Lipinski definition) is 2. The summed E-state index contributed by atoms with van der Waals surface area (Å²) in [6.45, 7) is 2.20. The van der Waals surface area contributed by atoms with Crippen LogP contribution in [-0.2, 0) is 0 Å². The summed E-state index contributed by atoms with van der Waals surface area (Å²) < 4.78 is 14.4. The maximum Gasteiger partial charge on any atom is 0.265 e. The van der Waals surface area contributed by atoms with Crippen molar-refractivity contribution in [3.8, 4) is 0 Å². The van der Waals surface area contributed by atoms with E-state index in [1.807, 2.05) is 12.1 Å². The Morgan fingerprint density at radius 3 is 2.74 bits per heavy atom. The number of para-hydroxylation sites is 1. The molecule has 1 amide bonds. The predicted octanol–water partition coefficient (Wildman–Crippen LogP) is 3.62. The molecule has 3 aliphatic rings. The Balaban J connectivity index is 1.22. The Kier molecular flexibility index (Phi) is 5.04. The third-order valence-electron chi connectivity index (χ3n) is 6.68. The minimum absolute atomic E-state index is 0.0518. The Hall–Kier alpha value is -3.43. The standard InChI is InChI=1S/C24H23ClFN7O/c1-31-13-33(21-19(25)3-2-4-20(21)26)23(34)18-11-28-24(30-22(18)31)29-14-5-7-16(8-6-14)32-12-15-9-17(32)10-27-15/h2-8,11,15,17,27H,9-10,12-13H2,1H3,(H,28,29,30). The molecule has 2 fully saturated rings. The molecule has 1 aromatic heterocycles. The fourth-order valence-electron chi connectivity index (χ4n) is 5.03. The third-order valence-corrected chi connectivity index (χ3v) is 6.98. The number of aromatic nitrogens is 2. The first-order valence-electron chi connectivity index (χ1n) is 11.2. The van der Waals surface area contributed by atoms with Crippen LogP contribution in [0.25, 0.3) is 0 Å². The average molecular weight is 480 g/mol. The molecule has 8 nitrogen and oxygen atoms in total. The van der Waals surface area contributed by atoms with Gasteiger partial charge in [0.1, 0.15) is 22.9 Å². The van der Waals surface area contributed by atoms with Crippen LogP contribution in [0.2, 0.25) is 5.02 Å². The number of nitrogens with one attached hydrogen (secondary N) is 2. The van der Waals surface area contributed by atoms with Crippen LogP contribution < -0.4 is 25.3 Å². The molecule has 3 aromatic rings. The first-order chi connectivity index (χ1) is 16.5. The van der Waals surface area contributed by atoms with Crippen molar-refractivity contribution in [1.29, 1.82) is 0 Å². The normalized spacial score (nSPS) is 21.3. The second-order valence-corrected chi connectivity index (χ2v) is 9.30. The van der Waals surface area contributed by atoms with Gasteiger partial charge in [-0.25, -0.2) is 9.37 Å². The van der Waals surface area contributed by atoms with E-state index in [1.54, 1.807) is 18.0 Å². The number of hydrogen-bond acceptors (Lipinski definition) is 7. The molecule has 0 spiro atoms. The molecule has 2 aromatic carbocycles. The Morgan fingerprint density at radius 2 is 2.03 bits per heavy atom. The van der Waals surface area contributed by atoms with E-state index < -0.39 is 11.7 Å². The number of fused-ring (bicyclic) bond motifs is 3. The van der Waals surface area contributed by atoms with E-state index in [1.165, 1.54) is 35.3 Å². The van der Waals surface area contributed by atoms with Gasteiger partial charge in [0, 0.05) is 49.8 Å². The van der Waals surface area contributed by atoms with Gasteiger partial charge < -0.3 is 20.4 Å². The molecule has 3 aliphatic heterocycles. The number of carbonyl (C=O) groups excluding carboxylic acids is 1. The van der Waals surface area contributed by atoms with Crippen LogP contribution in [0.1, 0.15) is 16.8 Å². The van der Waals surface area contributed by atoms with Gasteiger partial charge >= 0.3 is 0 Å². The number of piperazine rings is 1. The van der Waals surface area contributed by atoms with Crippen molar-refractivity contribution in [2.24, 2.45) is 0 Å². The zero-order valence-corrected chi connectivity index (χ0v) is 19.3. The molecular weight excluding hydrogens is 457 g/mol. The third kappa shape index (κ3) is 3.52. The van der Waals surface area contributed by atoms with Gasteiger partial charge in [-0.2, -0.15) is 4.98 Å². The highest BCUT2D eigenvalue weighted by Crippen LogP contribution is 2.35. The largest absolute Gasteiger partial charge is 0.366 e. The van der Waals surface area contributed by atoms with E-state index >= 15 is 0 Å². The first kappa shape index (κ1) is 21.1. The van der Waals surface area contributed by atoms with Crippen molar-refractivity contribution < 1.29 is 9.18 Å². The van der Waals surface area contributed by atoms with Crippen LogP contribution in [0.4, 0.5) is 33.2 Å². The number of anilines is 5. The van der Waals surface area contributed by atoms with E-state index in [0.717, 1.165) is 18.8 Å². The van der Waals surface area contributed by atoms with Gasteiger partial charge in [0.15, 0.2) is 0 Å². The van der Waals surface area contributed by atoms with Gasteiger partial charge in [-0.15, -0.1) is 0 Å². The lowest BCUT2D eigenvalue weighted by Gasteiger charge is -2.35. The van der Waals surface area contributed by atoms with Gasteiger partial charge in [-0.05, 0) is 42.8 Å². The number of rotatable bonds is 4. The van der Waals surface area contributed by atoms with Gasteiger partial charge in [-0.3, -0.25) is 9.69 Å². The lowest BCUT2D eigenvalue weighted by Crippen LogP contribution is -2.46. The fraction of sp³-hybridized carbons (Fsp3) is 0.292. The van der Waals surface area contributed by atoms with Gasteiger partial charge in [-0.1, -0.05) is 17.7 Å². The Bertz CT molecular complexity index is 1250. The maximum atomic E-state index is 14.4. The summed E-state index contributed by atoms with van der Waals surface area (Å²) in [6.07, 6.45) is 2.67. The molecule has 10 heteroatoms. The maximum absolute atomic E-state index is 14.4. The van der Waals surface area contributed by atoms with Crippen LogP contribution in [0.15, 0.2) is 48.7 Å². The lowest BCUT2D eigenvalue weighted by molar-refractivity contribution is 0.0981. The van der Waals surface area contributed by atoms with Crippen molar-refractivity contribution in [1.82, 2.24) is 15.3 Å². The van der Waals surface area contributed by atoms with Gasteiger partial charge in [0.05, 0.1) is 11.7 Å². The molecule has 2 saturated heterocycles. The van der Waals surface area contributed by atoms with Crippen molar-refractivity contribution >= 4 is 46.3 Å². The van der Waals surface area contributed by atoms with E-state index in [9.17, 15) is 9.18 Å². The Labute approximate surface area is 201 Å². The van der Waals surface area contributed by atoms with Crippen LogP contribution in [-0.4, -0.2) is 54.8 Å². The van der Waals surface area contributed by atoms with Crippen LogP contribution in [0.3, 0.4) is 0 Å². The van der Waals surface area contributed by atoms with Crippen molar-refractivity contribution in [2.75, 3.05) is 46.8 Å². The highest BCUT2D eigenvalue weighted by atomic mass is 35.5. The molecule has 6 rings (SSSR count). The zero-order chi connectivity index (χ0) is 23.4. The minimum Gasteiger partial charge on any atom is -0.366 e. The topological polar surface area (TPSA) is 76.6 Å². The highest BCUT2D eigenvalue weighted by Gasteiger charge is 2.37. The van der Waals surface area contributed by atoms with Gasteiger partial charge in [0.2, 0.25) is 5.95 Å². The molecule has 0 saturated carbocycles. The second kappa shape index (κ2) is 8.11. The first-order valence-corrected chi connectivity index (χ1v) is 11.6. The molecular formula is C24H23ClFN7O. The van der Waals surface area contributed by atoms with Crippen molar-refractivity contribution in [3.63, 3.8) is 0 Å². The van der Waals surface area contributed by atoms with E-state index in [0.29, 0.717) is 23.8 Å². The molecule has 34 heavy (non-hydrogen) atoms. The van der Waals surface area contributed by atoms with Crippen LogP contribution >= 0.6 is 11.6 Å². The quantitative estimate of drug-likeness (QED) is 0.592. The van der Waals surface area contributed by atoms with E-state index in [2.05, 4.69) is 37.6 Å².